The van der Waals surface area contributed by atoms with Crippen LogP contribution in [0, 0.1) is 18.8 Å². The molecule has 0 aliphatic carbocycles. The van der Waals surface area contributed by atoms with Gasteiger partial charge in [-0.1, -0.05) is 30.3 Å². The van der Waals surface area contributed by atoms with Gasteiger partial charge in [0.15, 0.2) is 11.6 Å². The maximum Gasteiger partial charge on any atom is 0.276 e. The number of hydrogen-bond acceptors (Lipinski definition) is 6. The Morgan fingerprint density at radius 1 is 1.07 bits per heavy atom. The lowest BCUT2D eigenvalue weighted by atomic mass is 9.89. The first-order chi connectivity index (χ1) is 14.2. The van der Waals surface area contributed by atoms with Crippen molar-refractivity contribution >= 4 is 5.91 Å². The summed E-state index contributed by atoms with van der Waals surface area (Å²) >= 11 is 0. The van der Waals surface area contributed by atoms with E-state index in [1.807, 2.05) is 23.1 Å². The van der Waals surface area contributed by atoms with Gasteiger partial charge in [0.25, 0.3) is 5.91 Å². The van der Waals surface area contributed by atoms with Crippen molar-refractivity contribution in [3.05, 3.63) is 53.7 Å². The van der Waals surface area contributed by atoms with Gasteiger partial charge in [0.1, 0.15) is 6.26 Å². The normalized spacial score (nSPS) is 28.4. The highest BCUT2D eigenvalue weighted by molar-refractivity contribution is 5.92. The molecule has 3 atom stereocenters. The van der Waals surface area contributed by atoms with Crippen molar-refractivity contribution in [1.82, 2.24) is 14.8 Å². The fourth-order valence-electron chi connectivity index (χ4n) is 5.09. The molecule has 4 heterocycles. The molecule has 0 spiro atoms. The van der Waals surface area contributed by atoms with Crippen LogP contribution in [-0.4, -0.2) is 72.8 Å². The quantitative estimate of drug-likeness (QED) is 0.791. The molecule has 2 aromatic rings. The lowest BCUT2D eigenvalue weighted by Gasteiger charge is -2.31. The zero-order valence-corrected chi connectivity index (χ0v) is 16.7. The summed E-state index contributed by atoms with van der Waals surface area (Å²) in [6.45, 7) is 7.19. The van der Waals surface area contributed by atoms with E-state index in [9.17, 15) is 4.79 Å². The van der Waals surface area contributed by atoms with Gasteiger partial charge in [0.05, 0.1) is 38.5 Å². The number of rotatable bonds is 3. The Hall–Kier alpha value is -2.22. The topological polar surface area (TPSA) is 68.0 Å². The van der Waals surface area contributed by atoms with E-state index in [-0.39, 0.29) is 11.9 Å². The Bertz CT molecular complexity index is 847. The second-order valence-electron chi connectivity index (χ2n) is 8.25. The third-order valence-corrected chi connectivity index (χ3v) is 6.44. The summed E-state index contributed by atoms with van der Waals surface area (Å²) in [4.78, 5) is 22.0. The highest BCUT2D eigenvalue weighted by atomic mass is 16.5. The molecule has 1 aromatic heterocycles. The Labute approximate surface area is 170 Å². The number of carbonyl (C=O) groups is 1. The Morgan fingerprint density at radius 3 is 2.52 bits per heavy atom. The number of likely N-dealkylation sites (tertiary alicyclic amines) is 2. The van der Waals surface area contributed by atoms with E-state index in [1.54, 1.807) is 6.92 Å². The summed E-state index contributed by atoms with van der Waals surface area (Å²) in [5, 5.41) is 0. The molecule has 7 heteroatoms. The molecular formula is C22H27N3O4. The Balaban J connectivity index is 1.40. The largest absolute Gasteiger partial charge is 0.448 e. The van der Waals surface area contributed by atoms with Crippen molar-refractivity contribution in [1.29, 1.82) is 0 Å². The van der Waals surface area contributed by atoms with Crippen LogP contribution in [0.25, 0.3) is 0 Å². The fourth-order valence-corrected chi connectivity index (χ4v) is 5.09. The number of ether oxygens (including phenoxy) is 2. The van der Waals surface area contributed by atoms with Crippen molar-refractivity contribution in [3.63, 3.8) is 0 Å². The lowest BCUT2D eigenvalue weighted by molar-refractivity contribution is 0.0608. The zero-order valence-electron chi connectivity index (χ0n) is 16.7. The minimum Gasteiger partial charge on any atom is -0.448 e. The number of benzene rings is 1. The molecule has 5 rings (SSSR count). The molecular weight excluding hydrogens is 370 g/mol. The molecule has 0 N–H and O–H groups in total. The van der Waals surface area contributed by atoms with Crippen molar-refractivity contribution in [2.45, 2.75) is 19.0 Å². The molecule has 0 radical (unpaired) electrons. The standard InChI is InChI=1S/C22H27N3O4/c1-15-23-20(14-29-15)22(26)25-10-17-9-24(18-12-27-7-8-28-13-18)11-19(17)21(25)16-5-3-2-4-6-16/h2-6,14,17-19,21H,7-13H2,1H3/t17-,19-,21+/m0/s1. The molecule has 0 unspecified atom stereocenters. The van der Waals surface area contributed by atoms with E-state index < -0.39 is 0 Å². The summed E-state index contributed by atoms with van der Waals surface area (Å²) in [5.74, 6) is 1.29. The second-order valence-corrected chi connectivity index (χ2v) is 8.25. The van der Waals surface area contributed by atoms with Crippen molar-refractivity contribution in [3.8, 4) is 0 Å². The first kappa shape index (κ1) is 18.8. The summed E-state index contributed by atoms with van der Waals surface area (Å²) in [6, 6.07) is 10.7. The summed E-state index contributed by atoms with van der Waals surface area (Å²) < 4.78 is 16.7. The molecule has 3 aliphatic heterocycles. The van der Waals surface area contributed by atoms with Gasteiger partial charge in [-0.05, 0) is 11.5 Å². The maximum atomic E-state index is 13.3. The smallest absolute Gasteiger partial charge is 0.276 e. The SMILES string of the molecule is Cc1nc(C(=O)N2C[C@@H]3CN(C4COCCOC4)C[C@@H]3[C@H]2c2ccccc2)co1. The Morgan fingerprint density at radius 2 is 1.83 bits per heavy atom. The molecule has 0 bridgehead atoms. The number of nitrogens with zero attached hydrogens (tertiary/aromatic N) is 3. The molecule has 1 amide bonds. The predicted molar refractivity (Wildman–Crippen MR) is 105 cm³/mol. The Kier molecular flexibility index (Phi) is 5.11. The van der Waals surface area contributed by atoms with Gasteiger partial charge >= 0.3 is 0 Å². The van der Waals surface area contributed by atoms with Gasteiger partial charge < -0.3 is 18.8 Å². The van der Waals surface area contributed by atoms with Gasteiger partial charge in [-0.2, -0.15) is 0 Å². The van der Waals surface area contributed by atoms with Crippen LogP contribution in [-0.2, 0) is 9.47 Å². The van der Waals surface area contributed by atoms with E-state index in [0.29, 0.717) is 42.7 Å². The van der Waals surface area contributed by atoms with E-state index >= 15 is 0 Å². The third-order valence-electron chi connectivity index (χ3n) is 6.44. The predicted octanol–water partition coefficient (Wildman–Crippen LogP) is 2.14. The number of hydrogen-bond donors (Lipinski definition) is 0. The first-order valence-electron chi connectivity index (χ1n) is 10.4. The van der Waals surface area contributed by atoms with Gasteiger partial charge in [0, 0.05) is 32.5 Å². The minimum atomic E-state index is -0.0437. The van der Waals surface area contributed by atoms with Gasteiger partial charge in [-0.3, -0.25) is 9.69 Å². The number of oxazole rings is 1. The molecule has 154 valence electrons. The van der Waals surface area contributed by atoms with Gasteiger partial charge in [0.2, 0.25) is 0 Å². The summed E-state index contributed by atoms with van der Waals surface area (Å²) in [7, 11) is 0. The maximum absolute atomic E-state index is 13.3. The van der Waals surface area contributed by atoms with Crippen molar-refractivity contribution in [2.75, 3.05) is 46.1 Å². The molecule has 3 aliphatic rings. The number of aryl methyl sites for hydroxylation is 1. The number of aromatic nitrogens is 1. The van der Waals surface area contributed by atoms with Crippen LogP contribution >= 0.6 is 0 Å². The van der Waals surface area contributed by atoms with Gasteiger partial charge in [-0.25, -0.2) is 4.98 Å². The minimum absolute atomic E-state index is 0.0437. The molecule has 29 heavy (non-hydrogen) atoms. The van der Waals surface area contributed by atoms with Crippen LogP contribution in [0.5, 0.6) is 0 Å². The fraction of sp³-hybridized carbons (Fsp3) is 0.545. The number of amides is 1. The molecule has 3 fully saturated rings. The number of fused-ring (bicyclic) bond motifs is 1. The zero-order chi connectivity index (χ0) is 19.8. The summed E-state index contributed by atoms with van der Waals surface area (Å²) in [6.07, 6.45) is 1.47. The van der Waals surface area contributed by atoms with Crippen LogP contribution in [0.4, 0.5) is 0 Å². The highest BCUT2D eigenvalue weighted by Crippen LogP contribution is 2.46. The number of carbonyl (C=O) groups excluding carboxylic acids is 1. The monoisotopic (exact) mass is 397 g/mol. The molecule has 1 aromatic carbocycles. The van der Waals surface area contributed by atoms with Crippen LogP contribution < -0.4 is 0 Å². The van der Waals surface area contributed by atoms with Crippen LogP contribution in [0.1, 0.15) is 28.0 Å². The van der Waals surface area contributed by atoms with Crippen LogP contribution in [0.3, 0.4) is 0 Å². The molecule has 3 saturated heterocycles. The van der Waals surface area contributed by atoms with Gasteiger partial charge in [-0.15, -0.1) is 0 Å². The van der Waals surface area contributed by atoms with Crippen LogP contribution in [0.15, 0.2) is 41.0 Å². The first-order valence-corrected chi connectivity index (χ1v) is 10.4. The molecule has 7 nitrogen and oxygen atoms in total. The van der Waals surface area contributed by atoms with Crippen molar-refractivity contribution < 1.29 is 18.7 Å². The van der Waals surface area contributed by atoms with E-state index in [0.717, 1.165) is 32.8 Å². The average molecular weight is 397 g/mol. The molecule has 0 saturated carbocycles. The summed E-state index contributed by atoms with van der Waals surface area (Å²) in [5.41, 5.74) is 1.58. The van der Waals surface area contributed by atoms with E-state index in [4.69, 9.17) is 13.9 Å². The van der Waals surface area contributed by atoms with Crippen molar-refractivity contribution in [2.24, 2.45) is 11.8 Å². The average Bonchev–Trinajstić information content (AvgIpc) is 3.36. The highest BCUT2D eigenvalue weighted by Gasteiger charge is 2.50. The third kappa shape index (κ3) is 3.58. The van der Waals surface area contributed by atoms with E-state index in [1.165, 1.54) is 11.8 Å². The lowest BCUT2D eigenvalue weighted by Crippen LogP contribution is -2.42. The van der Waals surface area contributed by atoms with E-state index in [2.05, 4.69) is 22.0 Å². The van der Waals surface area contributed by atoms with Crippen LogP contribution in [0.2, 0.25) is 0 Å². The second kappa shape index (κ2) is 7.89.